The van der Waals surface area contributed by atoms with Gasteiger partial charge in [0.2, 0.25) is 0 Å². The van der Waals surface area contributed by atoms with Crippen molar-refractivity contribution in [2.75, 3.05) is 0 Å². The summed E-state index contributed by atoms with van der Waals surface area (Å²) < 4.78 is 6.41. The zero-order valence-corrected chi connectivity index (χ0v) is 16.0. The van der Waals surface area contributed by atoms with Crippen LogP contribution in [0.5, 0.6) is 0 Å². The van der Waals surface area contributed by atoms with Gasteiger partial charge in [0.05, 0.1) is 10.8 Å². The number of nitro groups is 1. The number of benzene rings is 2. The van der Waals surface area contributed by atoms with Gasteiger partial charge in [-0.15, -0.1) is 0 Å². The topological polar surface area (TPSA) is 52.4 Å². The van der Waals surface area contributed by atoms with Crippen LogP contribution < -0.4 is 0 Å². The van der Waals surface area contributed by atoms with Crippen molar-refractivity contribution >= 4 is 11.8 Å². The van der Waals surface area contributed by atoms with Gasteiger partial charge in [-0.2, -0.15) is 0 Å². The number of fused-ring (bicyclic) bond motifs is 2. The monoisotopic (exact) mass is 373 g/mol. The molecular weight excluding hydrogens is 350 g/mol. The van der Waals surface area contributed by atoms with E-state index in [-0.39, 0.29) is 16.0 Å². The maximum absolute atomic E-state index is 10.9. The first kappa shape index (κ1) is 17.2. The quantitative estimate of drug-likeness (QED) is 0.478. The molecule has 142 valence electrons. The Hall–Kier alpha value is -2.88. The molecule has 3 aliphatic carbocycles. The van der Waals surface area contributed by atoms with E-state index in [2.05, 4.69) is 37.3 Å². The Labute approximate surface area is 164 Å². The number of ether oxygens (including phenoxy) is 1. The van der Waals surface area contributed by atoms with Gasteiger partial charge in [-0.05, 0) is 67.0 Å². The molecule has 4 nitrogen and oxygen atoms in total. The molecule has 5 rings (SSSR count). The first-order valence-corrected chi connectivity index (χ1v) is 9.94. The molecule has 2 aromatic carbocycles. The summed E-state index contributed by atoms with van der Waals surface area (Å²) in [5.41, 5.74) is 6.90. The highest BCUT2D eigenvalue weighted by molar-refractivity contribution is 5.67. The Kier molecular flexibility index (Phi) is 3.90. The minimum atomic E-state index is -0.370. The van der Waals surface area contributed by atoms with Crippen LogP contribution in [0.25, 0.3) is 6.08 Å². The third kappa shape index (κ3) is 2.51. The van der Waals surface area contributed by atoms with E-state index in [1.165, 1.54) is 36.0 Å². The van der Waals surface area contributed by atoms with Crippen molar-refractivity contribution < 1.29 is 9.66 Å². The van der Waals surface area contributed by atoms with Crippen LogP contribution in [0.2, 0.25) is 0 Å². The van der Waals surface area contributed by atoms with Crippen molar-refractivity contribution in [2.45, 2.75) is 45.1 Å². The highest BCUT2D eigenvalue weighted by Gasteiger charge is 2.54. The zero-order valence-electron chi connectivity index (χ0n) is 16.0. The summed E-state index contributed by atoms with van der Waals surface area (Å²) in [4.78, 5) is 10.5. The SMILES string of the molecule is CC1=C(OCc2ccc([N+](=O)[O-])cc2)C2c3ccccc3C=C3CCCC32C1. The molecule has 1 saturated carbocycles. The lowest BCUT2D eigenvalue weighted by atomic mass is 9.65. The molecule has 4 heteroatoms. The van der Waals surface area contributed by atoms with Crippen molar-refractivity contribution in [1.29, 1.82) is 0 Å². The molecule has 2 atom stereocenters. The summed E-state index contributed by atoms with van der Waals surface area (Å²) in [6, 6.07) is 15.4. The summed E-state index contributed by atoms with van der Waals surface area (Å²) in [6.45, 7) is 2.65. The predicted octanol–water partition coefficient (Wildman–Crippen LogP) is 6.14. The molecule has 0 heterocycles. The molecule has 28 heavy (non-hydrogen) atoms. The Balaban J connectivity index is 1.46. The van der Waals surface area contributed by atoms with Crippen LogP contribution in [-0.4, -0.2) is 4.92 Å². The van der Waals surface area contributed by atoms with Crippen LogP contribution >= 0.6 is 0 Å². The minimum Gasteiger partial charge on any atom is -0.493 e. The number of allylic oxidation sites excluding steroid dienone is 3. The number of nitrogens with zero attached hydrogens (tertiary/aromatic N) is 1. The van der Waals surface area contributed by atoms with Gasteiger partial charge in [-0.1, -0.05) is 35.9 Å². The first-order chi connectivity index (χ1) is 13.6. The van der Waals surface area contributed by atoms with Crippen LogP contribution in [-0.2, 0) is 11.3 Å². The van der Waals surface area contributed by atoms with Crippen LogP contribution in [0.3, 0.4) is 0 Å². The molecule has 0 amide bonds. The van der Waals surface area contributed by atoms with E-state index in [0.717, 1.165) is 17.7 Å². The van der Waals surface area contributed by atoms with Crippen LogP contribution in [0, 0.1) is 15.5 Å². The van der Waals surface area contributed by atoms with E-state index >= 15 is 0 Å². The van der Waals surface area contributed by atoms with Gasteiger partial charge >= 0.3 is 0 Å². The maximum Gasteiger partial charge on any atom is 0.269 e. The lowest BCUT2D eigenvalue weighted by Crippen LogP contribution is -2.28. The second-order valence-corrected chi connectivity index (χ2v) is 8.27. The average molecular weight is 373 g/mol. The van der Waals surface area contributed by atoms with E-state index in [9.17, 15) is 10.1 Å². The number of hydrogen-bond donors (Lipinski definition) is 0. The van der Waals surface area contributed by atoms with E-state index in [1.807, 2.05) is 0 Å². The summed E-state index contributed by atoms with van der Waals surface area (Å²) >= 11 is 0. The molecule has 2 unspecified atom stereocenters. The molecule has 0 aromatic heterocycles. The average Bonchev–Trinajstić information content (AvgIpc) is 3.23. The highest BCUT2D eigenvalue weighted by atomic mass is 16.6. The lowest BCUT2D eigenvalue weighted by Gasteiger charge is -2.39. The molecule has 0 aliphatic heterocycles. The van der Waals surface area contributed by atoms with Gasteiger partial charge in [0.25, 0.3) is 5.69 Å². The third-order valence-corrected chi connectivity index (χ3v) is 6.70. The number of rotatable bonds is 4. The molecule has 2 aromatic rings. The smallest absolute Gasteiger partial charge is 0.269 e. The van der Waals surface area contributed by atoms with Crippen molar-refractivity contribution in [1.82, 2.24) is 0 Å². The highest BCUT2D eigenvalue weighted by Crippen LogP contribution is 2.65. The molecule has 0 saturated heterocycles. The van der Waals surface area contributed by atoms with Gasteiger partial charge in [-0.25, -0.2) is 0 Å². The molecular formula is C24H23NO3. The first-order valence-electron chi connectivity index (χ1n) is 9.94. The molecule has 0 N–H and O–H groups in total. The molecule has 0 bridgehead atoms. The fraction of sp³-hybridized carbons (Fsp3) is 0.333. The zero-order chi connectivity index (χ0) is 19.3. The maximum atomic E-state index is 10.9. The van der Waals surface area contributed by atoms with Gasteiger partial charge in [0, 0.05) is 17.5 Å². The van der Waals surface area contributed by atoms with Crippen LogP contribution in [0.4, 0.5) is 5.69 Å². The number of hydrogen-bond acceptors (Lipinski definition) is 3. The summed E-state index contributed by atoms with van der Waals surface area (Å²) in [5.74, 6) is 1.41. The third-order valence-electron chi connectivity index (χ3n) is 6.70. The van der Waals surface area contributed by atoms with Crippen molar-refractivity contribution in [3.8, 4) is 0 Å². The van der Waals surface area contributed by atoms with Crippen molar-refractivity contribution in [2.24, 2.45) is 5.41 Å². The number of nitro benzene ring substituents is 1. The van der Waals surface area contributed by atoms with Crippen molar-refractivity contribution in [3.05, 3.63) is 92.2 Å². The normalized spacial score (nSPS) is 25.0. The second kappa shape index (κ2) is 6.33. The van der Waals surface area contributed by atoms with Crippen molar-refractivity contribution in [3.63, 3.8) is 0 Å². The number of non-ortho nitro benzene ring substituents is 1. The predicted molar refractivity (Wildman–Crippen MR) is 109 cm³/mol. The Morgan fingerprint density at radius 1 is 1.18 bits per heavy atom. The van der Waals surface area contributed by atoms with Crippen LogP contribution in [0.15, 0.2) is 65.4 Å². The van der Waals surface area contributed by atoms with E-state index < -0.39 is 0 Å². The van der Waals surface area contributed by atoms with Gasteiger partial charge < -0.3 is 4.74 Å². The largest absolute Gasteiger partial charge is 0.493 e. The molecule has 1 spiro atoms. The summed E-state index contributed by atoms with van der Waals surface area (Å²) in [6.07, 6.45) is 7.16. The Morgan fingerprint density at radius 3 is 2.75 bits per heavy atom. The summed E-state index contributed by atoms with van der Waals surface area (Å²) in [5, 5.41) is 10.9. The fourth-order valence-electron chi connectivity index (χ4n) is 5.52. The van der Waals surface area contributed by atoms with Gasteiger partial charge in [-0.3, -0.25) is 10.1 Å². The van der Waals surface area contributed by atoms with Crippen LogP contribution in [0.1, 0.15) is 55.2 Å². The molecule has 1 fully saturated rings. The standard InChI is InChI=1S/C24H23NO3/c1-16-14-24-12-4-6-19(24)13-18-5-2-3-7-21(18)22(24)23(16)28-15-17-8-10-20(11-9-17)25(26)27/h2-3,5,7-11,13,22H,4,6,12,14-15H2,1H3. The van der Waals surface area contributed by atoms with Gasteiger partial charge in [0.15, 0.2) is 0 Å². The van der Waals surface area contributed by atoms with Gasteiger partial charge in [0.1, 0.15) is 12.4 Å². The molecule has 3 aliphatic rings. The second-order valence-electron chi connectivity index (χ2n) is 8.27. The Bertz CT molecular complexity index is 1020. The fourth-order valence-corrected chi connectivity index (χ4v) is 5.52. The van der Waals surface area contributed by atoms with E-state index in [0.29, 0.717) is 12.5 Å². The Morgan fingerprint density at radius 2 is 1.96 bits per heavy atom. The summed E-state index contributed by atoms with van der Waals surface area (Å²) in [7, 11) is 0. The van der Waals surface area contributed by atoms with E-state index in [1.54, 1.807) is 29.8 Å². The minimum absolute atomic E-state index is 0.112. The molecule has 0 radical (unpaired) electrons. The van der Waals surface area contributed by atoms with E-state index in [4.69, 9.17) is 4.74 Å². The lowest BCUT2D eigenvalue weighted by molar-refractivity contribution is -0.384.